The van der Waals surface area contributed by atoms with Gasteiger partial charge in [-0.15, -0.1) is 6.58 Å². The molecule has 0 radical (unpaired) electrons. The minimum absolute atomic E-state index is 0.593. The molecule has 0 aliphatic carbocycles. The van der Waals surface area contributed by atoms with Gasteiger partial charge in [-0.1, -0.05) is 43.3 Å². The molecule has 0 spiro atoms. The quantitative estimate of drug-likeness (QED) is 0.663. The zero-order valence-electron chi connectivity index (χ0n) is 11.2. The van der Waals surface area contributed by atoms with Crippen LogP contribution in [0.5, 0.6) is 0 Å². The summed E-state index contributed by atoms with van der Waals surface area (Å²) >= 11 is 0. The molecule has 0 aliphatic heterocycles. The molecule has 1 heteroatoms. The SMILES string of the molecule is C=CCCC(C)NCCC(C)c1ccccc1. The molecule has 0 amide bonds. The topological polar surface area (TPSA) is 12.0 Å². The summed E-state index contributed by atoms with van der Waals surface area (Å²) < 4.78 is 0. The average Bonchev–Trinajstić information content (AvgIpc) is 2.37. The summed E-state index contributed by atoms with van der Waals surface area (Å²) in [7, 11) is 0. The fourth-order valence-electron chi connectivity index (χ4n) is 1.96. The van der Waals surface area contributed by atoms with Crippen molar-refractivity contribution in [1.29, 1.82) is 0 Å². The van der Waals surface area contributed by atoms with Crippen LogP contribution in [0.2, 0.25) is 0 Å². The molecule has 0 fully saturated rings. The summed E-state index contributed by atoms with van der Waals surface area (Å²) in [6.07, 6.45) is 5.47. The van der Waals surface area contributed by atoms with Crippen molar-refractivity contribution in [2.45, 2.75) is 45.1 Å². The Morgan fingerprint density at radius 3 is 2.53 bits per heavy atom. The zero-order valence-corrected chi connectivity index (χ0v) is 11.2. The Bertz CT molecular complexity index is 305. The molecule has 0 aromatic heterocycles. The fraction of sp³-hybridized carbons (Fsp3) is 0.500. The van der Waals surface area contributed by atoms with E-state index < -0.39 is 0 Å². The number of benzene rings is 1. The lowest BCUT2D eigenvalue weighted by atomic mass is 9.98. The van der Waals surface area contributed by atoms with E-state index in [1.165, 1.54) is 18.4 Å². The first kappa shape index (κ1) is 14.0. The van der Waals surface area contributed by atoms with Crippen molar-refractivity contribution in [1.82, 2.24) is 5.32 Å². The van der Waals surface area contributed by atoms with Gasteiger partial charge >= 0.3 is 0 Å². The first-order valence-electron chi connectivity index (χ1n) is 6.63. The smallest absolute Gasteiger partial charge is 0.00416 e. The van der Waals surface area contributed by atoms with E-state index in [1.807, 2.05) is 6.08 Å². The summed E-state index contributed by atoms with van der Waals surface area (Å²) in [6, 6.07) is 11.3. The molecule has 94 valence electrons. The van der Waals surface area contributed by atoms with E-state index in [0.29, 0.717) is 12.0 Å². The molecule has 1 nitrogen and oxygen atoms in total. The third kappa shape index (κ3) is 5.69. The van der Waals surface area contributed by atoms with E-state index in [-0.39, 0.29) is 0 Å². The summed E-state index contributed by atoms with van der Waals surface area (Å²) in [6.45, 7) is 9.39. The normalized spacial score (nSPS) is 14.2. The van der Waals surface area contributed by atoms with Crippen LogP contribution in [0.1, 0.15) is 44.6 Å². The second-order valence-electron chi connectivity index (χ2n) is 4.82. The lowest BCUT2D eigenvalue weighted by Crippen LogP contribution is -2.27. The highest BCUT2D eigenvalue weighted by Crippen LogP contribution is 2.17. The first-order chi connectivity index (χ1) is 8.24. The maximum absolute atomic E-state index is 3.75. The lowest BCUT2D eigenvalue weighted by Gasteiger charge is -2.16. The monoisotopic (exact) mass is 231 g/mol. The van der Waals surface area contributed by atoms with E-state index in [2.05, 4.69) is 56.1 Å². The van der Waals surface area contributed by atoms with Crippen molar-refractivity contribution in [3.05, 3.63) is 48.6 Å². The van der Waals surface area contributed by atoms with Gasteiger partial charge in [-0.3, -0.25) is 0 Å². The Kier molecular flexibility index (Phi) is 6.64. The molecular weight excluding hydrogens is 206 g/mol. The summed E-state index contributed by atoms with van der Waals surface area (Å²) in [5.74, 6) is 0.635. The van der Waals surface area contributed by atoms with Crippen LogP contribution in [0.15, 0.2) is 43.0 Å². The number of hydrogen-bond donors (Lipinski definition) is 1. The standard InChI is InChI=1S/C16H25N/c1-4-5-9-15(3)17-13-12-14(2)16-10-7-6-8-11-16/h4,6-8,10-11,14-15,17H,1,5,9,12-13H2,2-3H3. The van der Waals surface area contributed by atoms with Crippen LogP contribution in [-0.4, -0.2) is 12.6 Å². The van der Waals surface area contributed by atoms with Crippen molar-refractivity contribution < 1.29 is 0 Å². The number of allylic oxidation sites excluding steroid dienone is 1. The second kappa shape index (κ2) is 8.08. The summed E-state index contributed by atoms with van der Waals surface area (Å²) in [4.78, 5) is 0. The maximum Gasteiger partial charge on any atom is 0.00416 e. The predicted octanol–water partition coefficient (Wildman–Crippen LogP) is 4.12. The van der Waals surface area contributed by atoms with Gasteiger partial charge < -0.3 is 5.32 Å². The molecule has 2 atom stereocenters. The van der Waals surface area contributed by atoms with Gasteiger partial charge in [-0.05, 0) is 44.2 Å². The molecule has 0 saturated carbocycles. The molecule has 1 rings (SSSR count). The zero-order chi connectivity index (χ0) is 12.5. The number of hydrogen-bond acceptors (Lipinski definition) is 1. The molecule has 2 unspecified atom stereocenters. The van der Waals surface area contributed by atoms with Gasteiger partial charge in [0.15, 0.2) is 0 Å². The van der Waals surface area contributed by atoms with Gasteiger partial charge in [0.25, 0.3) is 0 Å². The fourth-order valence-corrected chi connectivity index (χ4v) is 1.96. The van der Waals surface area contributed by atoms with E-state index >= 15 is 0 Å². The van der Waals surface area contributed by atoms with Crippen LogP contribution in [-0.2, 0) is 0 Å². The molecule has 1 aromatic carbocycles. The highest BCUT2D eigenvalue weighted by atomic mass is 14.9. The lowest BCUT2D eigenvalue weighted by molar-refractivity contribution is 0.494. The van der Waals surface area contributed by atoms with E-state index in [9.17, 15) is 0 Å². The second-order valence-corrected chi connectivity index (χ2v) is 4.82. The van der Waals surface area contributed by atoms with Crippen LogP contribution in [0.25, 0.3) is 0 Å². The highest BCUT2D eigenvalue weighted by molar-refractivity contribution is 5.18. The molecule has 0 aliphatic rings. The van der Waals surface area contributed by atoms with Crippen molar-refractivity contribution in [3.8, 4) is 0 Å². The Hall–Kier alpha value is -1.08. The van der Waals surface area contributed by atoms with Gasteiger partial charge in [0.05, 0.1) is 0 Å². The van der Waals surface area contributed by atoms with Crippen LogP contribution in [0.3, 0.4) is 0 Å². The average molecular weight is 231 g/mol. The largest absolute Gasteiger partial charge is 0.314 e. The van der Waals surface area contributed by atoms with Crippen LogP contribution < -0.4 is 5.32 Å². The third-order valence-electron chi connectivity index (χ3n) is 3.24. The van der Waals surface area contributed by atoms with Gasteiger partial charge in [0.2, 0.25) is 0 Å². The van der Waals surface area contributed by atoms with Crippen LogP contribution in [0, 0.1) is 0 Å². The van der Waals surface area contributed by atoms with Gasteiger partial charge in [-0.2, -0.15) is 0 Å². The van der Waals surface area contributed by atoms with Crippen molar-refractivity contribution in [3.63, 3.8) is 0 Å². The molecule has 0 heterocycles. The van der Waals surface area contributed by atoms with Crippen molar-refractivity contribution >= 4 is 0 Å². The minimum atomic E-state index is 0.593. The molecule has 1 aromatic rings. The Balaban J connectivity index is 2.20. The van der Waals surface area contributed by atoms with E-state index in [4.69, 9.17) is 0 Å². The van der Waals surface area contributed by atoms with Crippen molar-refractivity contribution in [2.75, 3.05) is 6.54 Å². The predicted molar refractivity (Wildman–Crippen MR) is 76.4 cm³/mol. The molecule has 0 bridgehead atoms. The number of rotatable bonds is 8. The van der Waals surface area contributed by atoms with Crippen LogP contribution in [0.4, 0.5) is 0 Å². The summed E-state index contributed by atoms with van der Waals surface area (Å²) in [5, 5.41) is 3.57. The Morgan fingerprint density at radius 1 is 1.18 bits per heavy atom. The van der Waals surface area contributed by atoms with Crippen molar-refractivity contribution in [2.24, 2.45) is 0 Å². The first-order valence-corrected chi connectivity index (χ1v) is 6.63. The van der Waals surface area contributed by atoms with Gasteiger partial charge in [0, 0.05) is 6.04 Å². The van der Waals surface area contributed by atoms with E-state index in [0.717, 1.165) is 13.0 Å². The maximum atomic E-state index is 3.75. The highest BCUT2D eigenvalue weighted by Gasteiger charge is 2.05. The van der Waals surface area contributed by atoms with E-state index in [1.54, 1.807) is 0 Å². The van der Waals surface area contributed by atoms with Gasteiger partial charge in [-0.25, -0.2) is 0 Å². The molecular formula is C16H25N. The minimum Gasteiger partial charge on any atom is -0.314 e. The molecule has 1 N–H and O–H groups in total. The van der Waals surface area contributed by atoms with Crippen LogP contribution >= 0.6 is 0 Å². The number of nitrogens with one attached hydrogen (secondary N) is 1. The third-order valence-corrected chi connectivity index (χ3v) is 3.24. The molecule has 17 heavy (non-hydrogen) atoms. The van der Waals surface area contributed by atoms with Gasteiger partial charge in [0.1, 0.15) is 0 Å². The Labute approximate surface area is 106 Å². The summed E-state index contributed by atoms with van der Waals surface area (Å²) in [5.41, 5.74) is 1.44. The Morgan fingerprint density at radius 2 is 1.88 bits per heavy atom. The molecule has 0 saturated heterocycles.